The second-order valence-electron chi connectivity index (χ2n) is 6.61. The first kappa shape index (κ1) is 19.8. The van der Waals surface area contributed by atoms with E-state index in [2.05, 4.69) is 15.3 Å². The van der Waals surface area contributed by atoms with Gasteiger partial charge in [0.2, 0.25) is 0 Å². The smallest absolute Gasteiger partial charge is 0.280 e. The van der Waals surface area contributed by atoms with Gasteiger partial charge in [-0.25, -0.2) is 9.97 Å². The minimum atomic E-state index is -0.223. The minimum absolute atomic E-state index is 0.223. The first-order valence-corrected chi connectivity index (χ1v) is 10.3. The van der Waals surface area contributed by atoms with E-state index >= 15 is 0 Å². The third-order valence-corrected chi connectivity index (χ3v) is 5.44. The van der Waals surface area contributed by atoms with E-state index < -0.39 is 0 Å². The van der Waals surface area contributed by atoms with Gasteiger partial charge in [0.05, 0.1) is 4.70 Å². The van der Waals surface area contributed by atoms with Gasteiger partial charge < -0.3 is 21.5 Å². The molecule has 0 aliphatic rings. The van der Waals surface area contributed by atoms with Gasteiger partial charge in [-0.3, -0.25) is 4.79 Å². The number of benzene rings is 2. The fourth-order valence-corrected chi connectivity index (χ4v) is 3.96. The van der Waals surface area contributed by atoms with Crippen molar-refractivity contribution in [3.8, 4) is 16.9 Å². The number of hydrogen-bond donors (Lipinski definition) is 3. The van der Waals surface area contributed by atoms with Crippen molar-refractivity contribution in [2.24, 2.45) is 5.73 Å². The number of amides is 1. The van der Waals surface area contributed by atoms with E-state index in [-0.39, 0.29) is 5.91 Å². The average Bonchev–Trinajstić information content (AvgIpc) is 3.21. The van der Waals surface area contributed by atoms with E-state index in [9.17, 15) is 4.79 Å². The highest BCUT2D eigenvalue weighted by atomic mass is 32.1. The Morgan fingerprint density at radius 3 is 2.70 bits per heavy atom. The molecular formula is C22H21N5O2S. The van der Waals surface area contributed by atoms with Gasteiger partial charge in [-0.2, -0.15) is 0 Å². The highest BCUT2D eigenvalue weighted by Crippen LogP contribution is 2.35. The zero-order valence-electron chi connectivity index (χ0n) is 16.2. The van der Waals surface area contributed by atoms with Crippen LogP contribution in [0.15, 0.2) is 60.8 Å². The Morgan fingerprint density at radius 1 is 1.10 bits per heavy atom. The molecule has 0 spiro atoms. The number of pyridine rings is 1. The lowest BCUT2D eigenvalue weighted by atomic mass is 10.1. The largest absolute Gasteiger partial charge is 0.490 e. The van der Waals surface area contributed by atoms with Gasteiger partial charge in [0.15, 0.2) is 5.01 Å². The van der Waals surface area contributed by atoms with Crippen LogP contribution in [0.5, 0.6) is 5.75 Å². The number of nitrogens with zero attached hydrogens (tertiary/aromatic N) is 2. The van der Waals surface area contributed by atoms with Gasteiger partial charge in [0.1, 0.15) is 23.7 Å². The third kappa shape index (κ3) is 4.40. The summed E-state index contributed by atoms with van der Waals surface area (Å²) in [5.74, 6) is 0.795. The summed E-state index contributed by atoms with van der Waals surface area (Å²) in [6.07, 6.45) is 1.66. The van der Waals surface area contributed by atoms with Gasteiger partial charge in [0.25, 0.3) is 5.91 Å². The van der Waals surface area contributed by atoms with Crippen molar-refractivity contribution in [2.75, 3.05) is 18.9 Å². The summed E-state index contributed by atoms with van der Waals surface area (Å²) in [7, 11) is 0. The molecule has 2 aromatic carbocycles. The molecule has 0 radical (unpaired) electrons. The Morgan fingerprint density at radius 2 is 1.93 bits per heavy atom. The van der Waals surface area contributed by atoms with Crippen LogP contribution in [0.2, 0.25) is 0 Å². The molecule has 0 fully saturated rings. The van der Waals surface area contributed by atoms with E-state index in [0.717, 1.165) is 21.4 Å². The quantitative estimate of drug-likeness (QED) is 0.424. The fraction of sp³-hybridized carbons (Fsp3) is 0.136. The molecule has 0 atom stereocenters. The molecule has 30 heavy (non-hydrogen) atoms. The normalized spacial score (nSPS) is 10.8. The van der Waals surface area contributed by atoms with Gasteiger partial charge in [-0.05, 0) is 41.0 Å². The maximum atomic E-state index is 12.7. The Hall–Kier alpha value is -3.49. The van der Waals surface area contributed by atoms with Crippen LogP contribution in [0.3, 0.4) is 0 Å². The molecule has 7 nitrogen and oxygen atoms in total. The molecule has 1 amide bonds. The molecular weight excluding hydrogens is 398 g/mol. The van der Waals surface area contributed by atoms with Crippen LogP contribution in [0.1, 0.15) is 15.4 Å². The fourth-order valence-electron chi connectivity index (χ4n) is 3.02. The van der Waals surface area contributed by atoms with Gasteiger partial charge in [-0.1, -0.05) is 30.3 Å². The Balaban J connectivity index is 1.66. The van der Waals surface area contributed by atoms with Crippen molar-refractivity contribution in [1.82, 2.24) is 15.3 Å². The Bertz CT molecular complexity index is 1180. The maximum Gasteiger partial charge on any atom is 0.280 e. The summed E-state index contributed by atoms with van der Waals surface area (Å²) < 4.78 is 6.67. The average molecular weight is 420 g/mol. The summed E-state index contributed by atoms with van der Waals surface area (Å²) in [6.45, 7) is 1.17. The van der Waals surface area contributed by atoms with Crippen LogP contribution in [-0.2, 0) is 6.54 Å². The number of aromatic nitrogens is 2. The first-order chi connectivity index (χ1) is 14.6. The van der Waals surface area contributed by atoms with Gasteiger partial charge >= 0.3 is 0 Å². The lowest BCUT2D eigenvalue weighted by Crippen LogP contribution is -2.22. The van der Waals surface area contributed by atoms with Crippen LogP contribution in [0.4, 0.5) is 5.82 Å². The number of carbonyl (C=O) groups excluding carboxylic acids is 1. The van der Waals surface area contributed by atoms with Crippen LogP contribution < -0.4 is 21.5 Å². The van der Waals surface area contributed by atoms with Crippen molar-refractivity contribution >= 4 is 33.3 Å². The molecule has 0 aliphatic carbocycles. The molecule has 5 N–H and O–H groups in total. The van der Waals surface area contributed by atoms with Crippen molar-refractivity contribution in [1.29, 1.82) is 0 Å². The summed E-state index contributed by atoms with van der Waals surface area (Å²) >= 11 is 1.32. The number of hydrogen-bond acceptors (Lipinski definition) is 7. The number of fused-ring (bicyclic) bond motifs is 1. The molecule has 4 aromatic rings. The summed E-state index contributed by atoms with van der Waals surface area (Å²) in [5, 5.41) is 3.30. The molecule has 4 rings (SSSR count). The first-order valence-electron chi connectivity index (χ1n) is 9.45. The minimum Gasteiger partial charge on any atom is -0.490 e. The molecule has 0 saturated carbocycles. The SMILES string of the molecule is NCCOc1cc(-c2ccnc(N)c2)cc2sc(C(=O)NCc3ccccc3)nc12. The molecule has 2 heterocycles. The third-order valence-electron chi connectivity index (χ3n) is 4.44. The lowest BCUT2D eigenvalue weighted by molar-refractivity contribution is 0.0950. The Labute approximate surface area is 177 Å². The van der Waals surface area contributed by atoms with E-state index in [1.807, 2.05) is 48.5 Å². The predicted octanol–water partition coefficient (Wildman–Crippen LogP) is 3.21. The number of anilines is 1. The number of rotatable bonds is 7. The molecule has 8 heteroatoms. The number of carbonyl (C=O) groups is 1. The van der Waals surface area contributed by atoms with Gasteiger partial charge in [-0.15, -0.1) is 11.3 Å². The monoisotopic (exact) mass is 419 g/mol. The number of nitrogens with two attached hydrogens (primary N) is 2. The van der Waals surface area contributed by atoms with E-state index in [1.165, 1.54) is 11.3 Å². The zero-order valence-corrected chi connectivity index (χ0v) is 17.0. The number of thiazole rings is 1. The number of nitrogen functional groups attached to an aromatic ring is 1. The topological polar surface area (TPSA) is 116 Å². The van der Waals surface area contributed by atoms with Crippen molar-refractivity contribution < 1.29 is 9.53 Å². The predicted molar refractivity (Wildman–Crippen MR) is 119 cm³/mol. The second-order valence-corrected chi connectivity index (χ2v) is 7.65. The molecule has 0 unspecified atom stereocenters. The van der Waals surface area contributed by atoms with Crippen LogP contribution in [0, 0.1) is 0 Å². The van der Waals surface area contributed by atoms with E-state index in [0.29, 0.717) is 41.8 Å². The van der Waals surface area contributed by atoms with Gasteiger partial charge in [0, 0.05) is 19.3 Å². The zero-order chi connectivity index (χ0) is 20.9. The summed E-state index contributed by atoms with van der Waals surface area (Å²) in [4.78, 5) is 21.2. The molecule has 152 valence electrons. The summed E-state index contributed by atoms with van der Waals surface area (Å²) in [5.41, 5.74) is 14.9. The van der Waals surface area contributed by atoms with Crippen molar-refractivity contribution in [2.45, 2.75) is 6.54 Å². The molecule has 0 saturated heterocycles. The summed E-state index contributed by atoms with van der Waals surface area (Å²) in [6, 6.07) is 17.3. The van der Waals surface area contributed by atoms with E-state index in [4.69, 9.17) is 16.2 Å². The highest BCUT2D eigenvalue weighted by molar-refractivity contribution is 7.20. The Kier molecular flexibility index (Phi) is 5.87. The van der Waals surface area contributed by atoms with Crippen molar-refractivity contribution in [3.05, 3.63) is 71.4 Å². The molecule has 0 bridgehead atoms. The highest BCUT2D eigenvalue weighted by Gasteiger charge is 2.17. The number of ether oxygens (including phenoxy) is 1. The standard InChI is InChI=1S/C22H21N5O2S/c23-7-9-29-17-10-16(15-6-8-25-19(24)12-15)11-18-20(17)27-22(30-18)21(28)26-13-14-4-2-1-3-5-14/h1-6,8,10-12H,7,9,13,23H2,(H2,24,25)(H,26,28). The van der Waals surface area contributed by atoms with Crippen LogP contribution in [-0.4, -0.2) is 29.0 Å². The molecule has 0 aliphatic heterocycles. The lowest BCUT2D eigenvalue weighted by Gasteiger charge is -2.09. The maximum absolute atomic E-state index is 12.7. The second kappa shape index (κ2) is 8.89. The van der Waals surface area contributed by atoms with Crippen LogP contribution in [0.25, 0.3) is 21.3 Å². The van der Waals surface area contributed by atoms with Crippen LogP contribution >= 0.6 is 11.3 Å². The van der Waals surface area contributed by atoms with Crippen molar-refractivity contribution in [3.63, 3.8) is 0 Å². The number of nitrogens with one attached hydrogen (secondary N) is 1. The molecule has 2 aromatic heterocycles. The van der Waals surface area contributed by atoms with E-state index in [1.54, 1.807) is 12.3 Å².